The minimum absolute atomic E-state index is 0.0857. The second-order valence-corrected chi connectivity index (χ2v) is 8.02. The van der Waals surface area contributed by atoms with Crippen LogP contribution < -0.4 is 20.1 Å². The van der Waals surface area contributed by atoms with Crippen molar-refractivity contribution in [1.82, 2.24) is 5.32 Å². The van der Waals surface area contributed by atoms with Crippen LogP contribution in [0.4, 0.5) is 16.2 Å². The molecule has 1 saturated carbocycles. The zero-order valence-corrected chi connectivity index (χ0v) is 15.4. The molecule has 2 amide bonds. The number of urea groups is 1. The Kier molecular flexibility index (Phi) is 6.30. The molecule has 0 saturated heterocycles. The zero-order chi connectivity index (χ0) is 19.3. The Morgan fingerprint density at radius 1 is 1.19 bits per heavy atom. The number of anilines is 2. The second kappa shape index (κ2) is 8.26. The van der Waals surface area contributed by atoms with Gasteiger partial charge in [0.05, 0.1) is 25.0 Å². The van der Waals surface area contributed by atoms with Crippen LogP contribution in [0.1, 0.15) is 25.7 Å². The largest absolute Gasteiger partial charge is 0.495 e. The highest BCUT2D eigenvalue weighted by atomic mass is 32.2. The zero-order valence-electron chi connectivity index (χ0n) is 14.6. The Hall–Kier alpha value is -2.49. The van der Waals surface area contributed by atoms with Crippen molar-refractivity contribution in [2.24, 2.45) is 5.92 Å². The fraction of sp³-hybridized carbons (Fsp3) is 0.500. The van der Waals surface area contributed by atoms with Crippen molar-refractivity contribution in [3.63, 3.8) is 0 Å². The average molecular weight is 385 g/mol. The number of carboxylic acids is 1. The van der Waals surface area contributed by atoms with E-state index in [0.29, 0.717) is 37.1 Å². The van der Waals surface area contributed by atoms with Gasteiger partial charge in [-0.05, 0) is 43.9 Å². The number of nitrogens with one attached hydrogen (secondary N) is 3. The summed E-state index contributed by atoms with van der Waals surface area (Å²) in [7, 11) is -2.08. The van der Waals surface area contributed by atoms with E-state index in [0.717, 1.165) is 6.26 Å². The topological polar surface area (TPSA) is 134 Å². The Bertz CT molecular complexity index is 772. The minimum atomic E-state index is -3.50. The number of methoxy groups -OCH3 is 1. The average Bonchev–Trinajstić information content (AvgIpc) is 2.54. The number of hydrogen-bond acceptors (Lipinski definition) is 5. The minimum Gasteiger partial charge on any atom is -0.495 e. The normalized spacial score (nSPS) is 20.1. The van der Waals surface area contributed by atoms with E-state index in [4.69, 9.17) is 9.84 Å². The van der Waals surface area contributed by atoms with Gasteiger partial charge in [0, 0.05) is 11.7 Å². The molecular formula is C16H23N3O6S. The molecule has 1 aliphatic rings. The molecule has 4 N–H and O–H groups in total. The number of benzene rings is 1. The van der Waals surface area contributed by atoms with Crippen LogP contribution in [-0.4, -0.2) is 44.9 Å². The number of rotatable bonds is 6. The smallest absolute Gasteiger partial charge is 0.319 e. The van der Waals surface area contributed by atoms with Gasteiger partial charge in [-0.15, -0.1) is 0 Å². The van der Waals surface area contributed by atoms with Gasteiger partial charge in [0.15, 0.2) is 0 Å². The number of hydrogen-bond donors (Lipinski definition) is 4. The lowest BCUT2D eigenvalue weighted by Gasteiger charge is -2.26. The maximum atomic E-state index is 12.1. The summed E-state index contributed by atoms with van der Waals surface area (Å²) in [5.74, 6) is -0.812. The maximum absolute atomic E-state index is 12.1. The fourth-order valence-electron chi connectivity index (χ4n) is 2.90. The van der Waals surface area contributed by atoms with Crippen molar-refractivity contribution < 1.29 is 27.9 Å². The summed E-state index contributed by atoms with van der Waals surface area (Å²) in [5, 5.41) is 14.4. The van der Waals surface area contributed by atoms with Crippen molar-refractivity contribution in [2.45, 2.75) is 31.7 Å². The number of carboxylic acid groups (broad SMARTS) is 1. The molecule has 0 heterocycles. The van der Waals surface area contributed by atoms with E-state index in [9.17, 15) is 18.0 Å². The first-order valence-corrected chi connectivity index (χ1v) is 10.0. The first kappa shape index (κ1) is 19.8. The molecule has 0 atom stereocenters. The van der Waals surface area contributed by atoms with Crippen molar-refractivity contribution in [3.05, 3.63) is 18.2 Å². The number of amides is 2. The first-order valence-electron chi connectivity index (χ1n) is 8.14. The molecule has 2 rings (SSSR count). The van der Waals surface area contributed by atoms with Crippen LogP contribution in [0.5, 0.6) is 5.75 Å². The van der Waals surface area contributed by atoms with E-state index < -0.39 is 22.0 Å². The lowest BCUT2D eigenvalue weighted by molar-refractivity contribution is -0.142. The van der Waals surface area contributed by atoms with E-state index in [1.807, 2.05) is 0 Å². The van der Waals surface area contributed by atoms with E-state index >= 15 is 0 Å². The standard InChI is InChI=1S/C16H23N3O6S/c1-25-14-8-7-12(9-13(14)19-26(2,23)24)18-16(22)17-11-5-3-10(4-6-11)15(20)21/h7-11,19H,3-6H2,1-2H3,(H,20,21)(H2,17,18,22). The highest BCUT2D eigenvalue weighted by Gasteiger charge is 2.26. The predicted octanol–water partition coefficient (Wildman–Crippen LogP) is 1.83. The van der Waals surface area contributed by atoms with Gasteiger partial charge in [0.25, 0.3) is 0 Å². The van der Waals surface area contributed by atoms with Gasteiger partial charge < -0.3 is 20.5 Å². The first-order chi connectivity index (χ1) is 12.2. The SMILES string of the molecule is COc1ccc(NC(=O)NC2CCC(C(=O)O)CC2)cc1NS(C)(=O)=O. The summed E-state index contributed by atoms with van der Waals surface area (Å²) in [6, 6.07) is 4.08. The van der Waals surface area contributed by atoms with Crippen LogP contribution in [0.15, 0.2) is 18.2 Å². The molecule has 1 aromatic carbocycles. The monoisotopic (exact) mass is 385 g/mol. The fourth-order valence-corrected chi connectivity index (χ4v) is 3.46. The molecule has 0 unspecified atom stereocenters. The lowest BCUT2D eigenvalue weighted by Crippen LogP contribution is -2.41. The summed E-state index contributed by atoms with van der Waals surface area (Å²) in [4.78, 5) is 23.1. The molecule has 10 heteroatoms. The van der Waals surface area contributed by atoms with Crippen LogP contribution in [0.25, 0.3) is 0 Å². The molecule has 0 spiro atoms. The van der Waals surface area contributed by atoms with Crippen LogP contribution >= 0.6 is 0 Å². The lowest BCUT2D eigenvalue weighted by atomic mass is 9.86. The van der Waals surface area contributed by atoms with Gasteiger partial charge in [-0.25, -0.2) is 13.2 Å². The van der Waals surface area contributed by atoms with Crippen LogP contribution in [0.3, 0.4) is 0 Å². The predicted molar refractivity (Wildman–Crippen MR) is 97.0 cm³/mol. The van der Waals surface area contributed by atoms with Crippen molar-refractivity contribution in [1.29, 1.82) is 0 Å². The van der Waals surface area contributed by atoms with Crippen molar-refractivity contribution in [2.75, 3.05) is 23.4 Å². The number of carbonyl (C=O) groups excluding carboxylic acids is 1. The Morgan fingerprint density at radius 2 is 1.85 bits per heavy atom. The highest BCUT2D eigenvalue weighted by Crippen LogP contribution is 2.29. The van der Waals surface area contributed by atoms with Gasteiger partial charge in [-0.2, -0.15) is 0 Å². The van der Waals surface area contributed by atoms with E-state index in [-0.39, 0.29) is 17.6 Å². The van der Waals surface area contributed by atoms with Crippen LogP contribution in [0, 0.1) is 5.92 Å². The summed E-state index contributed by atoms with van der Waals surface area (Å²) in [6.45, 7) is 0. The Labute approximate surface area is 152 Å². The molecule has 9 nitrogen and oxygen atoms in total. The summed E-state index contributed by atoms with van der Waals surface area (Å²) in [6.07, 6.45) is 3.30. The van der Waals surface area contributed by atoms with Gasteiger partial charge in [0.1, 0.15) is 5.75 Å². The summed E-state index contributed by atoms with van der Waals surface area (Å²) >= 11 is 0. The second-order valence-electron chi connectivity index (χ2n) is 6.27. The molecule has 144 valence electrons. The molecule has 0 aliphatic heterocycles. The van der Waals surface area contributed by atoms with E-state index in [1.54, 1.807) is 12.1 Å². The summed E-state index contributed by atoms with van der Waals surface area (Å²) < 4.78 is 30.3. The van der Waals surface area contributed by atoms with Crippen LogP contribution in [0.2, 0.25) is 0 Å². The van der Waals surface area contributed by atoms with Gasteiger partial charge in [-0.1, -0.05) is 0 Å². The third kappa shape index (κ3) is 5.80. The third-order valence-corrected chi connectivity index (χ3v) is 4.76. The molecule has 1 fully saturated rings. The quantitative estimate of drug-likeness (QED) is 0.590. The number of ether oxygens (including phenoxy) is 1. The molecule has 1 aromatic rings. The molecule has 26 heavy (non-hydrogen) atoms. The van der Waals surface area contributed by atoms with Crippen molar-refractivity contribution >= 4 is 33.4 Å². The Balaban J connectivity index is 1.96. The number of sulfonamides is 1. The van der Waals surface area contributed by atoms with Crippen molar-refractivity contribution in [3.8, 4) is 5.75 Å². The highest BCUT2D eigenvalue weighted by molar-refractivity contribution is 7.92. The third-order valence-electron chi connectivity index (χ3n) is 4.16. The van der Waals surface area contributed by atoms with Gasteiger partial charge >= 0.3 is 12.0 Å². The van der Waals surface area contributed by atoms with Crippen LogP contribution in [-0.2, 0) is 14.8 Å². The molecular weight excluding hydrogens is 362 g/mol. The van der Waals surface area contributed by atoms with E-state index in [2.05, 4.69) is 15.4 Å². The maximum Gasteiger partial charge on any atom is 0.319 e. The number of aliphatic carboxylic acids is 1. The number of carbonyl (C=O) groups is 2. The molecule has 0 aromatic heterocycles. The van der Waals surface area contributed by atoms with E-state index in [1.165, 1.54) is 13.2 Å². The Morgan fingerprint density at radius 3 is 2.38 bits per heavy atom. The molecule has 1 aliphatic carbocycles. The van der Waals surface area contributed by atoms with Gasteiger partial charge in [0.2, 0.25) is 10.0 Å². The summed E-state index contributed by atoms with van der Waals surface area (Å²) in [5.41, 5.74) is 0.614. The van der Waals surface area contributed by atoms with Gasteiger partial charge in [-0.3, -0.25) is 9.52 Å². The molecule has 0 radical (unpaired) electrons. The molecule has 0 bridgehead atoms.